The molecule has 0 N–H and O–H groups in total. The van der Waals surface area contributed by atoms with Crippen molar-refractivity contribution in [3.63, 3.8) is 0 Å². The standard InChI is InChI=1S/C47H30N4/c1-3-13-30(14-4-1)44-48-45(31-15-5-2-6-16-31)51-46(49-44)38-20-9-10-21-39(38)47(51)50-42-22-12-11-19-37(42)41-29-33(25-26-43(41)50)32-23-24-35-27-34-17-7-8-18-36(34)40(35)28-32/h1-26,28-29H,27H2. The van der Waals surface area contributed by atoms with Gasteiger partial charge in [-0.05, 0) is 64.1 Å². The van der Waals surface area contributed by atoms with E-state index in [1.807, 2.05) is 18.2 Å². The van der Waals surface area contributed by atoms with Gasteiger partial charge in [0.1, 0.15) is 11.6 Å². The van der Waals surface area contributed by atoms with Gasteiger partial charge in [-0.1, -0.05) is 146 Å². The van der Waals surface area contributed by atoms with E-state index < -0.39 is 0 Å². The first kappa shape index (κ1) is 28.1. The molecule has 0 bridgehead atoms. The second kappa shape index (κ2) is 10.9. The molecule has 0 spiro atoms. The van der Waals surface area contributed by atoms with Gasteiger partial charge >= 0.3 is 0 Å². The molecule has 1 aliphatic carbocycles. The van der Waals surface area contributed by atoms with Gasteiger partial charge in [-0.25, -0.2) is 9.97 Å². The molecular formula is C47H30N4. The summed E-state index contributed by atoms with van der Waals surface area (Å²) in [7, 11) is 0. The Morgan fingerprint density at radius 3 is 1.88 bits per heavy atom. The minimum atomic E-state index is 0.709. The number of hydrogen-bond donors (Lipinski definition) is 0. The Morgan fingerprint density at radius 1 is 0.412 bits per heavy atom. The van der Waals surface area contributed by atoms with Crippen LogP contribution >= 0.6 is 0 Å². The van der Waals surface area contributed by atoms with Gasteiger partial charge in [0, 0.05) is 32.7 Å². The van der Waals surface area contributed by atoms with Gasteiger partial charge < -0.3 is 0 Å². The summed E-state index contributed by atoms with van der Waals surface area (Å²) in [4.78, 5) is 10.6. The monoisotopic (exact) mass is 650 g/mol. The molecule has 10 aromatic rings. The molecule has 0 aliphatic heterocycles. The molecule has 3 heterocycles. The Kier molecular flexibility index (Phi) is 5.98. The molecular weight excluding hydrogens is 621 g/mol. The van der Waals surface area contributed by atoms with Crippen molar-refractivity contribution in [1.82, 2.24) is 18.9 Å². The van der Waals surface area contributed by atoms with Crippen LogP contribution in [0, 0.1) is 0 Å². The van der Waals surface area contributed by atoms with Crippen molar-refractivity contribution in [2.75, 3.05) is 0 Å². The lowest BCUT2D eigenvalue weighted by Crippen LogP contribution is -2.06. The van der Waals surface area contributed by atoms with Gasteiger partial charge in [0.05, 0.1) is 11.0 Å². The van der Waals surface area contributed by atoms with Crippen molar-refractivity contribution >= 4 is 38.2 Å². The highest BCUT2D eigenvalue weighted by atomic mass is 15.2. The van der Waals surface area contributed by atoms with Crippen LogP contribution in [-0.4, -0.2) is 18.9 Å². The Labute approximate surface area is 294 Å². The molecule has 0 saturated heterocycles. The second-order valence-corrected chi connectivity index (χ2v) is 13.4. The fourth-order valence-corrected chi connectivity index (χ4v) is 8.20. The van der Waals surface area contributed by atoms with E-state index in [-0.39, 0.29) is 0 Å². The number of para-hydroxylation sites is 1. The Hall–Kier alpha value is -6.78. The van der Waals surface area contributed by atoms with Crippen LogP contribution in [0.3, 0.4) is 0 Å². The topological polar surface area (TPSA) is 35.1 Å². The zero-order valence-electron chi connectivity index (χ0n) is 27.7. The molecule has 11 rings (SSSR count). The van der Waals surface area contributed by atoms with Crippen LogP contribution in [0.15, 0.2) is 170 Å². The Balaban J connectivity index is 1.20. The Morgan fingerprint density at radius 2 is 1.04 bits per heavy atom. The molecule has 0 atom stereocenters. The van der Waals surface area contributed by atoms with Crippen LogP contribution < -0.4 is 0 Å². The van der Waals surface area contributed by atoms with Crippen molar-refractivity contribution < 1.29 is 0 Å². The predicted molar refractivity (Wildman–Crippen MR) is 209 cm³/mol. The quantitative estimate of drug-likeness (QED) is 0.190. The average Bonchev–Trinajstić information content (AvgIpc) is 3.85. The van der Waals surface area contributed by atoms with Crippen molar-refractivity contribution in [2.45, 2.75) is 6.42 Å². The summed E-state index contributed by atoms with van der Waals surface area (Å²) in [5.74, 6) is 2.60. The highest BCUT2D eigenvalue weighted by Gasteiger charge is 2.24. The maximum Gasteiger partial charge on any atom is 0.163 e. The van der Waals surface area contributed by atoms with Crippen LogP contribution in [-0.2, 0) is 6.42 Å². The van der Waals surface area contributed by atoms with Gasteiger partial charge in [-0.15, -0.1) is 0 Å². The molecule has 3 aromatic heterocycles. The van der Waals surface area contributed by atoms with Gasteiger partial charge in [-0.2, -0.15) is 0 Å². The van der Waals surface area contributed by atoms with E-state index in [2.05, 4.69) is 161 Å². The van der Waals surface area contributed by atoms with Crippen LogP contribution in [0.5, 0.6) is 0 Å². The van der Waals surface area contributed by atoms with Crippen LogP contribution in [0.4, 0.5) is 0 Å². The number of hydrogen-bond acceptors (Lipinski definition) is 2. The van der Waals surface area contributed by atoms with Crippen molar-refractivity contribution in [2.24, 2.45) is 0 Å². The van der Waals surface area contributed by atoms with E-state index in [1.165, 1.54) is 44.2 Å². The summed E-state index contributed by atoms with van der Waals surface area (Å²) in [6.07, 6.45) is 0.999. The fraction of sp³-hybridized carbons (Fsp3) is 0.0213. The third-order valence-electron chi connectivity index (χ3n) is 10.5. The molecule has 0 fully saturated rings. The van der Waals surface area contributed by atoms with E-state index in [9.17, 15) is 0 Å². The third-order valence-corrected chi connectivity index (χ3v) is 10.5. The average molecular weight is 651 g/mol. The summed E-state index contributed by atoms with van der Waals surface area (Å²) >= 11 is 0. The summed E-state index contributed by atoms with van der Waals surface area (Å²) in [5, 5.41) is 4.64. The lowest BCUT2D eigenvalue weighted by molar-refractivity contribution is 0.986. The van der Waals surface area contributed by atoms with E-state index in [0.29, 0.717) is 5.82 Å². The van der Waals surface area contributed by atoms with Crippen LogP contribution in [0.2, 0.25) is 0 Å². The van der Waals surface area contributed by atoms with Gasteiger partial charge in [0.15, 0.2) is 11.5 Å². The zero-order valence-corrected chi connectivity index (χ0v) is 27.7. The summed E-state index contributed by atoms with van der Waals surface area (Å²) in [6.45, 7) is 0. The highest BCUT2D eigenvalue weighted by molar-refractivity contribution is 6.13. The van der Waals surface area contributed by atoms with E-state index in [1.54, 1.807) is 0 Å². The molecule has 51 heavy (non-hydrogen) atoms. The SMILES string of the molecule is c1ccc(-c2nc(-c3ccccc3)n3c(-n4c5ccccc5c5cc(-c6ccc7c(c6)-c6ccccc6C7)ccc54)c4ccccc4c3n2)cc1. The number of rotatable bonds is 4. The third kappa shape index (κ3) is 4.20. The number of fused-ring (bicyclic) bond motifs is 9. The van der Waals surface area contributed by atoms with E-state index in [0.717, 1.165) is 56.6 Å². The first-order valence-electron chi connectivity index (χ1n) is 17.5. The van der Waals surface area contributed by atoms with Crippen molar-refractivity contribution in [3.8, 4) is 50.8 Å². The van der Waals surface area contributed by atoms with E-state index >= 15 is 0 Å². The van der Waals surface area contributed by atoms with Crippen LogP contribution in [0.25, 0.3) is 89.1 Å². The number of nitrogens with zero attached hydrogens (tertiary/aromatic N) is 4. The fourth-order valence-electron chi connectivity index (χ4n) is 8.20. The van der Waals surface area contributed by atoms with Crippen molar-refractivity contribution in [1.29, 1.82) is 0 Å². The molecule has 1 aliphatic rings. The van der Waals surface area contributed by atoms with Gasteiger partial charge in [0.25, 0.3) is 0 Å². The lowest BCUT2D eigenvalue weighted by atomic mass is 9.97. The zero-order chi connectivity index (χ0) is 33.5. The maximum absolute atomic E-state index is 5.30. The predicted octanol–water partition coefficient (Wildman–Crippen LogP) is 11.6. The molecule has 4 nitrogen and oxygen atoms in total. The van der Waals surface area contributed by atoms with Crippen LogP contribution in [0.1, 0.15) is 11.1 Å². The van der Waals surface area contributed by atoms with Gasteiger partial charge in [0.2, 0.25) is 0 Å². The molecule has 4 heteroatoms. The minimum absolute atomic E-state index is 0.709. The first-order chi connectivity index (χ1) is 25.3. The summed E-state index contributed by atoms with van der Waals surface area (Å²) < 4.78 is 4.69. The van der Waals surface area contributed by atoms with Gasteiger partial charge in [-0.3, -0.25) is 8.97 Å². The molecule has 0 saturated carbocycles. The smallest absolute Gasteiger partial charge is 0.163 e. The second-order valence-electron chi connectivity index (χ2n) is 13.4. The molecule has 0 radical (unpaired) electrons. The van der Waals surface area contributed by atoms with E-state index in [4.69, 9.17) is 9.97 Å². The molecule has 7 aromatic carbocycles. The number of aromatic nitrogens is 4. The minimum Gasteiger partial charge on any atom is -0.294 e. The summed E-state index contributed by atoms with van der Waals surface area (Å²) in [6, 6.07) is 60.9. The number of benzene rings is 7. The Bertz CT molecular complexity index is 2990. The first-order valence-corrected chi connectivity index (χ1v) is 17.5. The summed E-state index contributed by atoms with van der Waals surface area (Å²) in [5.41, 5.74) is 13.1. The molecule has 0 amide bonds. The normalized spacial score (nSPS) is 12.2. The molecule has 238 valence electrons. The highest BCUT2D eigenvalue weighted by Crippen LogP contribution is 2.42. The maximum atomic E-state index is 5.30. The molecule has 0 unspecified atom stereocenters. The van der Waals surface area contributed by atoms with Crippen molar-refractivity contribution in [3.05, 3.63) is 181 Å². The lowest BCUT2D eigenvalue weighted by Gasteiger charge is -2.14. The largest absolute Gasteiger partial charge is 0.294 e.